The molecule has 23 heavy (non-hydrogen) atoms. The fraction of sp³-hybridized carbons (Fsp3) is 0.235. The quantitative estimate of drug-likeness (QED) is 0.580. The van der Waals surface area contributed by atoms with E-state index >= 15 is 0 Å². The fourth-order valence-electron chi connectivity index (χ4n) is 2.66. The standard InChI is InChI=1S/C17H17N5O/c1-12(2)17-20-14(11-23-17)16-18-7-9-21(16)10-13-4-3-8-22-15(13)5-6-19-22/h3-9,11-12H,10H2,1-2H3. The maximum Gasteiger partial charge on any atom is 0.197 e. The van der Waals surface area contributed by atoms with E-state index in [-0.39, 0.29) is 5.92 Å². The van der Waals surface area contributed by atoms with Crippen molar-refractivity contribution < 1.29 is 4.42 Å². The number of oxazole rings is 1. The van der Waals surface area contributed by atoms with Gasteiger partial charge in [-0.25, -0.2) is 14.5 Å². The second kappa shape index (κ2) is 5.39. The van der Waals surface area contributed by atoms with Crippen LogP contribution in [0.3, 0.4) is 0 Å². The number of fused-ring (bicyclic) bond motifs is 1. The summed E-state index contributed by atoms with van der Waals surface area (Å²) in [6.45, 7) is 4.82. The second-order valence-corrected chi connectivity index (χ2v) is 5.80. The van der Waals surface area contributed by atoms with Gasteiger partial charge in [0.15, 0.2) is 11.7 Å². The lowest BCUT2D eigenvalue weighted by molar-refractivity contribution is 0.471. The fourth-order valence-corrected chi connectivity index (χ4v) is 2.66. The van der Waals surface area contributed by atoms with E-state index < -0.39 is 0 Å². The minimum Gasteiger partial charge on any atom is -0.448 e. The highest BCUT2D eigenvalue weighted by molar-refractivity contribution is 5.55. The maximum absolute atomic E-state index is 5.53. The highest BCUT2D eigenvalue weighted by atomic mass is 16.3. The first-order chi connectivity index (χ1) is 11.2. The molecule has 0 atom stereocenters. The molecule has 0 unspecified atom stereocenters. The molecule has 0 saturated heterocycles. The number of imidazole rings is 1. The largest absolute Gasteiger partial charge is 0.448 e. The Morgan fingerprint density at radius 3 is 2.91 bits per heavy atom. The first kappa shape index (κ1) is 13.8. The van der Waals surface area contributed by atoms with Gasteiger partial charge in [-0.15, -0.1) is 0 Å². The van der Waals surface area contributed by atoms with E-state index in [1.165, 1.54) is 5.56 Å². The van der Waals surface area contributed by atoms with Gasteiger partial charge in [0.2, 0.25) is 0 Å². The first-order valence-corrected chi connectivity index (χ1v) is 7.60. The summed E-state index contributed by atoms with van der Waals surface area (Å²) in [6, 6.07) is 6.11. The average molecular weight is 307 g/mol. The van der Waals surface area contributed by atoms with E-state index in [1.807, 2.05) is 29.0 Å². The smallest absolute Gasteiger partial charge is 0.197 e. The zero-order chi connectivity index (χ0) is 15.8. The molecule has 0 aliphatic rings. The molecule has 0 N–H and O–H groups in total. The van der Waals surface area contributed by atoms with Gasteiger partial charge in [0.05, 0.1) is 12.1 Å². The van der Waals surface area contributed by atoms with Crippen LogP contribution in [0.15, 0.2) is 53.7 Å². The summed E-state index contributed by atoms with van der Waals surface area (Å²) in [7, 11) is 0. The van der Waals surface area contributed by atoms with Gasteiger partial charge in [-0.05, 0) is 17.7 Å². The second-order valence-electron chi connectivity index (χ2n) is 5.80. The van der Waals surface area contributed by atoms with Crippen LogP contribution in [0.25, 0.3) is 17.0 Å². The maximum atomic E-state index is 5.53. The van der Waals surface area contributed by atoms with Crippen LogP contribution in [0.5, 0.6) is 0 Å². The lowest BCUT2D eigenvalue weighted by Crippen LogP contribution is -2.03. The third kappa shape index (κ3) is 2.42. The Labute approximate surface area is 133 Å². The van der Waals surface area contributed by atoms with Crippen molar-refractivity contribution in [1.82, 2.24) is 24.1 Å². The van der Waals surface area contributed by atoms with E-state index in [1.54, 1.807) is 18.7 Å². The molecule has 0 amide bonds. The molecule has 0 aliphatic heterocycles. The molecule has 4 aromatic heterocycles. The van der Waals surface area contributed by atoms with E-state index in [9.17, 15) is 0 Å². The monoisotopic (exact) mass is 307 g/mol. The Hall–Kier alpha value is -2.89. The van der Waals surface area contributed by atoms with Crippen molar-refractivity contribution in [2.24, 2.45) is 0 Å². The van der Waals surface area contributed by atoms with Crippen LogP contribution in [0, 0.1) is 0 Å². The summed E-state index contributed by atoms with van der Waals surface area (Å²) in [5.74, 6) is 1.79. The normalized spacial score (nSPS) is 11.6. The molecule has 0 aliphatic carbocycles. The minimum atomic E-state index is 0.257. The van der Waals surface area contributed by atoms with Crippen molar-refractivity contribution >= 4 is 5.52 Å². The number of pyridine rings is 1. The van der Waals surface area contributed by atoms with Crippen molar-refractivity contribution in [3.8, 4) is 11.5 Å². The third-order valence-electron chi connectivity index (χ3n) is 3.83. The van der Waals surface area contributed by atoms with Crippen LogP contribution in [0.1, 0.15) is 31.2 Å². The predicted molar refractivity (Wildman–Crippen MR) is 86.1 cm³/mol. The van der Waals surface area contributed by atoms with E-state index in [0.29, 0.717) is 6.54 Å². The topological polar surface area (TPSA) is 61.2 Å². The van der Waals surface area contributed by atoms with Crippen molar-refractivity contribution in [3.63, 3.8) is 0 Å². The zero-order valence-corrected chi connectivity index (χ0v) is 13.0. The highest BCUT2D eigenvalue weighted by Crippen LogP contribution is 2.22. The lowest BCUT2D eigenvalue weighted by atomic mass is 10.2. The molecule has 0 fully saturated rings. The Balaban J connectivity index is 1.71. The van der Waals surface area contributed by atoms with Crippen LogP contribution in [0.2, 0.25) is 0 Å². The summed E-state index contributed by atoms with van der Waals surface area (Å²) < 4.78 is 9.48. The number of rotatable bonds is 4. The van der Waals surface area contributed by atoms with Gasteiger partial charge < -0.3 is 8.98 Å². The van der Waals surface area contributed by atoms with Gasteiger partial charge >= 0.3 is 0 Å². The number of hydrogen-bond donors (Lipinski definition) is 0. The SMILES string of the molecule is CC(C)c1nc(-c2nccn2Cc2cccn3nccc23)co1. The Morgan fingerprint density at radius 2 is 2.09 bits per heavy atom. The summed E-state index contributed by atoms with van der Waals surface area (Å²) in [5.41, 5.74) is 3.03. The van der Waals surface area contributed by atoms with Crippen LogP contribution in [-0.4, -0.2) is 24.1 Å². The molecule has 6 heteroatoms. The highest BCUT2D eigenvalue weighted by Gasteiger charge is 2.14. The third-order valence-corrected chi connectivity index (χ3v) is 3.83. The zero-order valence-electron chi connectivity index (χ0n) is 13.0. The summed E-state index contributed by atoms with van der Waals surface area (Å²) in [4.78, 5) is 8.98. The molecule has 4 heterocycles. The van der Waals surface area contributed by atoms with E-state index in [2.05, 4.69) is 39.5 Å². The van der Waals surface area contributed by atoms with Crippen LogP contribution >= 0.6 is 0 Å². The van der Waals surface area contributed by atoms with Crippen molar-refractivity contribution in [3.05, 3.63) is 60.7 Å². The number of aromatic nitrogens is 5. The number of hydrogen-bond acceptors (Lipinski definition) is 4. The molecule has 0 spiro atoms. The molecule has 0 saturated carbocycles. The van der Waals surface area contributed by atoms with Gasteiger partial charge in [-0.2, -0.15) is 5.10 Å². The van der Waals surface area contributed by atoms with Crippen molar-refractivity contribution in [2.75, 3.05) is 0 Å². The molecule has 6 nitrogen and oxygen atoms in total. The molecular weight excluding hydrogens is 290 g/mol. The predicted octanol–water partition coefficient (Wildman–Crippen LogP) is 3.36. The molecule has 0 radical (unpaired) electrons. The van der Waals surface area contributed by atoms with Gasteiger partial charge in [0, 0.05) is 30.7 Å². The molecule has 0 bridgehead atoms. The van der Waals surface area contributed by atoms with Gasteiger partial charge in [0.25, 0.3) is 0 Å². The first-order valence-electron chi connectivity index (χ1n) is 7.60. The summed E-state index contributed by atoms with van der Waals surface area (Å²) in [5, 5.41) is 4.28. The number of nitrogens with zero attached hydrogens (tertiary/aromatic N) is 5. The average Bonchev–Trinajstić information content (AvgIpc) is 3.27. The van der Waals surface area contributed by atoms with Crippen LogP contribution in [-0.2, 0) is 6.54 Å². The molecular formula is C17H17N5O. The Kier molecular flexibility index (Phi) is 3.22. The van der Waals surface area contributed by atoms with Crippen molar-refractivity contribution in [2.45, 2.75) is 26.3 Å². The lowest BCUT2D eigenvalue weighted by Gasteiger charge is -2.07. The van der Waals surface area contributed by atoms with Crippen molar-refractivity contribution in [1.29, 1.82) is 0 Å². The molecule has 4 rings (SSSR count). The van der Waals surface area contributed by atoms with Gasteiger partial charge in [0.1, 0.15) is 12.0 Å². The summed E-state index contributed by atoms with van der Waals surface area (Å²) >= 11 is 0. The minimum absolute atomic E-state index is 0.257. The molecule has 116 valence electrons. The van der Waals surface area contributed by atoms with E-state index in [4.69, 9.17) is 4.42 Å². The molecule has 0 aromatic carbocycles. The Bertz CT molecular complexity index is 947. The van der Waals surface area contributed by atoms with E-state index in [0.717, 1.165) is 22.9 Å². The van der Waals surface area contributed by atoms with Gasteiger partial charge in [-0.1, -0.05) is 19.9 Å². The summed E-state index contributed by atoms with van der Waals surface area (Å²) in [6.07, 6.45) is 9.17. The van der Waals surface area contributed by atoms with Crippen LogP contribution in [0.4, 0.5) is 0 Å². The Morgan fingerprint density at radius 1 is 1.17 bits per heavy atom. The van der Waals surface area contributed by atoms with Crippen LogP contribution < -0.4 is 0 Å². The molecule has 4 aromatic rings. The van der Waals surface area contributed by atoms with Gasteiger partial charge in [-0.3, -0.25) is 0 Å².